The molecule has 0 heterocycles. The van der Waals surface area contributed by atoms with Crippen LogP contribution < -0.4 is 4.74 Å². The fraction of sp³-hybridized carbons (Fsp3) is 0.188. The van der Waals surface area contributed by atoms with Crippen LogP contribution in [-0.2, 0) is 16.0 Å². The Morgan fingerprint density at radius 3 is 2.40 bits per heavy atom. The van der Waals surface area contributed by atoms with E-state index in [1.165, 1.54) is 7.11 Å². The average Bonchev–Trinajstić information content (AvgIpc) is 2.47. The quantitative estimate of drug-likeness (QED) is 0.877. The lowest BCUT2D eigenvalue weighted by Crippen LogP contribution is -2.25. The lowest BCUT2D eigenvalue weighted by atomic mass is 10.1. The number of carbonyl (C=O) groups is 1. The van der Waals surface area contributed by atoms with Crippen LogP contribution in [0.3, 0.4) is 0 Å². The zero-order chi connectivity index (χ0) is 14.4. The van der Waals surface area contributed by atoms with Crippen molar-refractivity contribution in [3.8, 4) is 11.5 Å². The summed E-state index contributed by atoms with van der Waals surface area (Å²) in [4.78, 5) is 11.0. The molecule has 0 spiro atoms. The molecule has 1 N–H and O–H groups in total. The molecule has 0 aliphatic rings. The molecular formula is C16H16O4. The van der Waals surface area contributed by atoms with Crippen LogP contribution in [0.15, 0.2) is 54.6 Å². The number of ether oxygens (including phenoxy) is 2. The van der Waals surface area contributed by atoms with Crippen LogP contribution in [0.4, 0.5) is 0 Å². The van der Waals surface area contributed by atoms with Gasteiger partial charge in [-0.25, -0.2) is 4.79 Å². The van der Waals surface area contributed by atoms with Crippen LogP contribution in [0, 0.1) is 0 Å². The van der Waals surface area contributed by atoms with E-state index < -0.39 is 12.1 Å². The molecule has 0 bridgehead atoms. The fourth-order valence-corrected chi connectivity index (χ4v) is 1.86. The molecule has 0 saturated heterocycles. The number of hydrogen-bond acceptors (Lipinski definition) is 3. The lowest BCUT2D eigenvalue weighted by Gasteiger charge is -2.14. The second-order valence-electron chi connectivity index (χ2n) is 4.29. The molecule has 2 rings (SSSR count). The van der Waals surface area contributed by atoms with Crippen LogP contribution in [-0.4, -0.2) is 24.3 Å². The van der Waals surface area contributed by atoms with E-state index in [2.05, 4.69) is 0 Å². The molecule has 0 aromatic heterocycles. The number of rotatable bonds is 6. The van der Waals surface area contributed by atoms with Gasteiger partial charge in [0.1, 0.15) is 11.5 Å². The highest BCUT2D eigenvalue weighted by molar-refractivity contribution is 5.73. The summed E-state index contributed by atoms with van der Waals surface area (Å²) in [5.41, 5.74) is 0.797. The van der Waals surface area contributed by atoms with Gasteiger partial charge in [-0.1, -0.05) is 36.4 Å². The smallest absolute Gasteiger partial charge is 0.333 e. The van der Waals surface area contributed by atoms with Crippen LogP contribution in [0.2, 0.25) is 0 Å². The largest absolute Gasteiger partial charge is 0.479 e. The van der Waals surface area contributed by atoms with E-state index in [-0.39, 0.29) is 6.42 Å². The van der Waals surface area contributed by atoms with E-state index in [9.17, 15) is 4.79 Å². The van der Waals surface area contributed by atoms with Gasteiger partial charge in [0.05, 0.1) is 0 Å². The van der Waals surface area contributed by atoms with Crippen LogP contribution >= 0.6 is 0 Å². The number of para-hydroxylation sites is 2. The Bertz CT molecular complexity index is 566. The minimum absolute atomic E-state index is 0.259. The Kier molecular flexibility index (Phi) is 4.74. The highest BCUT2D eigenvalue weighted by Crippen LogP contribution is 2.26. The van der Waals surface area contributed by atoms with E-state index in [0.717, 1.165) is 5.56 Å². The summed E-state index contributed by atoms with van der Waals surface area (Å²) >= 11 is 0. The van der Waals surface area contributed by atoms with Gasteiger partial charge in [-0.2, -0.15) is 0 Å². The molecule has 2 aromatic carbocycles. The van der Waals surface area contributed by atoms with E-state index >= 15 is 0 Å². The summed E-state index contributed by atoms with van der Waals surface area (Å²) in [6.07, 6.45) is -0.620. The third-order valence-corrected chi connectivity index (χ3v) is 2.91. The van der Waals surface area contributed by atoms with Gasteiger partial charge in [0.2, 0.25) is 0 Å². The third kappa shape index (κ3) is 3.59. The molecule has 0 radical (unpaired) electrons. The maximum absolute atomic E-state index is 11.0. The molecule has 0 fully saturated rings. The molecule has 4 nitrogen and oxygen atoms in total. The Balaban J connectivity index is 2.20. The van der Waals surface area contributed by atoms with Crippen LogP contribution in [0.25, 0.3) is 0 Å². The second-order valence-corrected chi connectivity index (χ2v) is 4.29. The lowest BCUT2D eigenvalue weighted by molar-refractivity contribution is -0.148. The first-order chi connectivity index (χ1) is 9.70. The molecule has 20 heavy (non-hydrogen) atoms. The topological polar surface area (TPSA) is 55.8 Å². The van der Waals surface area contributed by atoms with Crippen LogP contribution in [0.5, 0.6) is 11.5 Å². The van der Waals surface area contributed by atoms with Gasteiger partial charge in [-0.05, 0) is 23.8 Å². The number of hydrogen-bond donors (Lipinski definition) is 1. The number of aliphatic carboxylic acids is 1. The van der Waals surface area contributed by atoms with Crippen molar-refractivity contribution in [2.24, 2.45) is 0 Å². The first-order valence-corrected chi connectivity index (χ1v) is 6.27. The monoisotopic (exact) mass is 272 g/mol. The summed E-state index contributed by atoms with van der Waals surface area (Å²) in [6.45, 7) is 0. The first kappa shape index (κ1) is 14.1. The SMILES string of the molecule is CO[C@@H](Cc1ccccc1Oc1ccccc1)C(=O)O. The van der Waals surface area contributed by atoms with E-state index in [0.29, 0.717) is 11.5 Å². The van der Waals surface area contributed by atoms with Crippen molar-refractivity contribution in [2.75, 3.05) is 7.11 Å². The van der Waals surface area contributed by atoms with Gasteiger partial charge in [0.25, 0.3) is 0 Å². The third-order valence-electron chi connectivity index (χ3n) is 2.91. The Hall–Kier alpha value is -2.33. The highest BCUT2D eigenvalue weighted by atomic mass is 16.5. The van der Waals surface area contributed by atoms with Gasteiger partial charge >= 0.3 is 5.97 Å². The van der Waals surface area contributed by atoms with Crippen molar-refractivity contribution in [2.45, 2.75) is 12.5 Å². The summed E-state index contributed by atoms with van der Waals surface area (Å²) in [7, 11) is 1.39. The zero-order valence-electron chi connectivity index (χ0n) is 11.2. The molecule has 2 aromatic rings. The standard InChI is InChI=1S/C16H16O4/c1-19-15(16(17)18)11-12-7-5-6-10-14(12)20-13-8-3-2-4-9-13/h2-10,15H,11H2,1H3,(H,17,18)/t15-/m0/s1. The highest BCUT2D eigenvalue weighted by Gasteiger charge is 2.19. The zero-order valence-corrected chi connectivity index (χ0v) is 11.2. The Morgan fingerprint density at radius 1 is 1.10 bits per heavy atom. The normalized spacial score (nSPS) is 11.8. The van der Waals surface area contributed by atoms with Crippen LogP contribution in [0.1, 0.15) is 5.56 Å². The van der Waals surface area contributed by atoms with Crippen molar-refractivity contribution in [1.82, 2.24) is 0 Å². The van der Waals surface area contributed by atoms with Crippen molar-refractivity contribution in [1.29, 1.82) is 0 Å². The van der Waals surface area contributed by atoms with E-state index in [1.807, 2.05) is 54.6 Å². The molecule has 0 aliphatic carbocycles. The maximum Gasteiger partial charge on any atom is 0.333 e. The second kappa shape index (κ2) is 6.73. The van der Waals surface area contributed by atoms with Gasteiger partial charge in [0, 0.05) is 13.5 Å². The minimum Gasteiger partial charge on any atom is -0.479 e. The van der Waals surface area contributed by atoms with Gasteiger partial charge in [0.15, 0.2) is 6.10 Å². The van der Waals surface area contributed by atoms with Crippen molar-refractivity contribution >= 4 is 5.97 Å². The Labute approximate surface area is 117 Å². The number of methoxy groups -OCH3 is 1. The van der Waals surface area contributed by atoms with Gasteiger partial charge in [-0.15, -0.1) is 0 Å². The number of carboxylic acids is 1. The molecule has 0 aliphatic heterocycles. The van der Waals surface area contributed by atoms with Crippen molar-refractivity contribution in [3.63, 3.8) is 0 Å². The van der Waals surface area contributed by atoms with E-state index in [4.69, 9.17) is 14.6 Å². The Morgan fingerprint density at radius 2 is 1.75 bits per heavy atom. The van der Waals surface area contributed by atoms with Crippen molar-refractivity contribution in [3.05, 3.63) is 60.2 Å². The molecular weight excluding hydrogens is 256 g/mol. The number of benzene rings is 2. The average molecular weight is 272 g/mol. The van der Waals surface area contributed by atoms with Gasteiger partial charge < -0.3 is 14.6 Å². The fourth-order valence-electron chi connectivity index (χ4n) is 1.86. The predicted octanol–water partition coefficient (Wildman–Crippen LogP) is 3.12. The number of carboxylic acid groups (broad SMARTS) is 1. The summed E-state index contributed by atoms with van der Waals surface area (Å²) < 4.78 is 10.8. The van der Waals surface area contributed by atoms with E-state index in [1.54, 1.807) is 0 Å². The van der Waals surface area contributed by atoms with Crippen molar-refractivity contribution < 1.29 is 19.4 Å². The first-order valence-electron chi connectivity index (χ1n) is 6.27. The minimum atomic E-state index is -0.984. The summed E-state index contributed by atoms with van der Waals surface area (Å²) in [5.74, 6) is 0.369. The summed E-state index contributed by atoms with van der Waals surface area (Å²) in [6, 6.07) is 16.7. The maximum atomic E-state index is 11.0. The molecule has 0 saturated carbocycles. The molecule has 1 atom stereocenters. The van der Waals surface area contributed by atoms with Gasteiger partial charge in [-0.3, -0.25) is 0 Å². The molecule has 104 valence electrons. The molecule has 4 heteroatoms. The summed E-state index contributed by atoms with van der Waals surface area (Å²) in [5, 5.41) is 9.05. The molecule has 0 amide bonds. The molecule has 0 unspecified atom stereocenters. The predicted molar refractivity (Wildman–Crippen MR) is 75.1 cm³/mol.